The van der Waals surface area contributed by atoms with Crippen molar-refractivity contribution in [1.82, 2.24) is 15.0 Å². The molecular weight excluding hydrogens is 558 g/mol. The van der Waals surface area contributed by atoms with E-state index in [0.29, 0.717) is 30.0 Å². The molecule has 2 aromatic heterocycles. The number of nitrogens with zero attached hydrogens (tertiary/aromatic N) is 3. The Labute approximate surface area is 259 Å². The largest absolute Gasteiger partial charge is 0.476 e. The molecular formula is C34H41N5O3S. The lowest BCUT2D eigenvalue weighted by molar-refractivity contribution is 0.0594. The van der Waals surface area contributed by atoms with E-state index in [1.807, 2.05) is 12.1 Å². The summed E-state index contributed by atoms with van der Waals surface area (Å²) < 4.78 is 14.1. The first-order valence-electron chi connectivity index (χ1n) is 14.6. The lowest BCUT2D eigenvalue weighted by Crippen LogP contribution is -2.29. The number of methoxy groups -OCH3 is 1. The predicted molar refractivity (Wildman–Crippen MR) is 173 cm³/mol. The summed E-state index contributed by atoms with van der Waals surface area (Å²) in [6.45, 7) is 8.88. The number of aryl methyl sites for hydroxylation is 4. The molecule has 8 nitrogen and oxygen atoms in total. The van der Waals surface area contributed by atoms with E-state index in [1.165, 1.54) is 24.6 Å². The number of hydrogen-bond acceptors (Lipinski definition) is 9. The molecule has 0 bridgehead atoms. The van der Waals surface area contributed by atoms with Crippen LogP contribution in [0.3, 0.4) is 0 Å². The summed E-state index contributed by atoms with van der Waals surface area (Å²) in [6, 6.07) is 20.1. The van der Waals surface area contributed by atoms with E-state index in [9.17, 15) is 4.79 Å². The first-order valence-corrected chi connectivity index (χ1v) is 15.4. The molecule has 2 aromatic carbocycles. The second-order valence-corrected chi connectivity index (χ2v) is 12.0. The van der Waals surface area contributed by atoms with Gasteiger partial charge in [-0.15, -0.1) is 0 Å². The van der Waals surface area contributed by atoms with E-state index in [4.69, 9.17) is 20.2 Å². The van der Waals surface area contributed by atoms with Crippen molar-refractivity contribution in [2.75, 3.05) is 18.4 Å². The Morgan fingerprint density at radius 2 is 1.72 bits per heavy atom. The first kappa shape index (κ1) is 32.0. The van der Waals surface area contributed by atoms with E-state index in [-0.39, 0.29) is 6.04 Å². The number of rotatable bonds is 14. The van der Waals surface area contributed by atoms with Gasteiger partial charge < -0.3 is 15.2 Å². The number of nitrogens with two attached hydrogens (primary N) is 1. The molecule has 0 aliphatic rings. The Hall–Kier alpha value is -3.95. The zero-order valence-electron chi connectivity index (χ0n) is 25.6. The molecule has 1 atom stereocenters. The van der Waals surface area contributed by atoms with Crippen LogP contribution in [0.2, 0.25) is 0 Å². The lowest BCUT2D eigenvalue weighted by atomic mass is 10.00. The number of aromatic nitrogens is 3. The van der Waals surface area contributed by atoms with E-state index >= 15 is 0 Å². The highest BCUT2D eigenvalue weighted by Gasteiger charge is 2.14. The SMILES string of the molecule is COC(=O)c1ccc(CCCc2cccc(SNc3nc(OCC(N)CC(C)C)cc(-c4c(C)cccc4C)n3)c2)cn1. The molecule has 43 heavy (non-hydrogen) atoms. The van der Waals surface area contributed by atoms with E-state index in [0.717, 1.165) is 58.5 Å². The number of ether oxygens (including phenoxy) is 2. The summed E-state index contributed by atoms with van der Waals surface area (Å²) in [5.74, 6) is 1.05. The van der Waals surface area contributed by atoms with E-state index in [1.54, 1.807) is 12.3 Å². The van der Waals surface area contributed by atoms with Gasteiger partial charge in [0, 0.05) is 28.8 Å². The van der Waals surface area contributed by atoms with E-state index in [2.05, 4.69) is 84.8 Å². The number of nitrogens with one attached hydrogen (secondary N) is 1. The fourth-order valence-electron chi connectivity index (χ4n) is 4.92. The van der Waals surface area contributed by atoms with Gasteiger partial charge in [0.15, 0.2) is 0 Å². The molecule has 0 radical (unpaired) electrons. The van der Waals surface area contributed by atoms with Crippen molar-refractivity contribution in [2.45, 2.75) is 64.3 Å². The summed E-state index contributed by atoms with van der Waals surface area (Å²) >= 11 is 1.47. The predicted octanol–water partition coefficient (Wildman–Crippen LogP) is 6.99. The third kappa shape index (κ3) is 9.53. The van der Waals surface area contributed by atoms with Crippen LogP contribution >= 0.6 is 11.9 Å². The maximum atomic E-state index is 11.6. The average molecular weight is 600 g/mol. The molecule has 0 amide bonds. The molecule has 0 aliphatic heterocycles. The van der Waals surface area contributed by atoms with Gasteiger partial charge in [-0.05, 0) is 97.8 Å². The molecule has 0 aliphatic carbocycles. The number of hydrogen-bond donors (Lipinski definition) is 2. The molecule has 226 valence electrons. The summed E-state index contributed by atoms with van der Waals surface area (Å²) in [5, 5.41) is 0. The molecule has 0 spiro atoms. The minimum atomic E-state index is -0.425. The van der Waals surface area contributed by atoms with Crippen molar-refractivity contribution in [3.63, 3.8) is 0 Å². The zero-order chi connectivity index (χ0) is 30.8. The van der Waals surface area contributed by atoms with Crippen molar-refractivity contribution in [1.29, 1.82) is 0 Å². The highest BCUT2D eigenvalue weighted by Crippen LogP contribution is 2.30. The quantitative estimate of drug-likeness (QED) is 0.117. The summed E-state index contributed by atoms with van der Waals surface area (Å²) in [7, 11) is 1.36. The van der Waals surface area contributed by atoms with Crippen molar-refractivity contribution in [3.05, 3.63) is 94.8 Å². The van der Waals surface area contributed by atoms with Gasteiger partial charge in [0.05, 0.1) is 12.8 Å². The van der Waals surface area contributed by atoms with E-state index < -0.39 is 5.97 Å². The van der Waals surface area contributed by atoms with Crippen molar-refractivity contribution in [3.8, 4) is 17.1 Å². The van der Waals surface area contributed by atoms with Crippen molar-refractivity contribution in [2.24, 2.45) is 11.7 Å². The normalized spacial score (nSPS) is 11.8. The molecule has 4 rings (SSSR count). The first-order chi connectivity index (χ1) is 20.7. The van der Waals surface area contributed by atoms with Crippen LogP contribution < -0.4 is 15.2 Å². The van der Waals surface area contributed by atoms with Crippen LogP contribution in [0.5, 0.6) is 5.88 Å². The monoisotopic (exact) mass is 599 g/mol. The standard InChI is InChI=1S/C34H41N5O3S/c1-22(2)17-27(35)21-42-31-19-30(32-23(3)9-6-10-24(32)4)37-34(38-31)39-43-28-14-8-12-25(18-28)11-7-13-26-15-16-29(36-20-26)33(40)41-5/h6,8-10,12,14-16,18-20,22,27H,7,11,13,17,21,35H2,1-5H3,(H,37,38,39). The molecule has 9 heteroatoms. The number of pyridine rings is 1. The van der Waals surface area contributed by atoms with Gasteiger partial charge in [-0.1, -0.05) is 50.2 Å². The maximum Gasteiger partial charge on any atom is 0.356 e. The van der Waals surface area contributed by atoms with Crippen molar-refractivity contribution >= 4 is 23.9 Å². The molecule has 0 fully saturated rings. The van der Waals surface area contributed by atoms with Crippen LogP contribution in [-0.4, -0.2) is 40.7 Å². The van der Waals surface area contributed by atoms with Crippen molar-refractivity contribution < 1.29 is 14.3 Å². The van der Waals surface area contributed by atoms with Gasteiger partial charge in [0.2, 0.25) is 11.8 Å². The van der Waals surface area contributed by atoms with Crippen LogP contribution in [0.15, 0.2) is 71.8 Å². The highest BCUT2D eigenvalue weighted by atomic mass is 32.2. The Bertz CT molecular complexity index is 1490. The topological polar surface area (TPSA) is 112 Å². The molecule has 3 N–H and O–H groups in total. The molecule has 4 aromatic rings. The third-order valence-electron chi connectivity index (χ3n) is 6.97. The van der Waals surface area contributed by atoms with Gasteiger partial charge in [-0.2, -0.15) is 4.98 Å². The number of carbonyl (C=O) groups excluding carboxylic acids is 1. The minimum Gasteiger partial charge on any atom is -0.476 e. The number of esters is 1. The lowest BCUT2D eigenvalue weighted by Gasteiger charge is -2.16. The molecule has 0 saturated heterocycles. The molecule has 0 saturated carbocycles. The summed E-state index contributed by atoms with van der Waals surface area (Å²) in [5.41, 5.74) is 13.1. The second kappa shape index (κ2) is 15.5. The maximum absolute atomic E-state index is 11.6. The van der Waals surface area contributed by atoms with Gasteiger partial charge in [-0.25, -0.2) is 14.8 Å². The van der Waals surface area contributed by atoms with Crippen LogP contribution in [-0.2, 0) is 17.6 Å². The smallest absolute Gasteiger partial charge is 0.356 e. The van der Waals surface area contributed by atoms with Crippen LogP contribution in [0, 0.1) is 19.8 Å². The molecule has 2 heterocycles. The Morgan fingerprint density at radius 3 is 2.42 bits per heavy atom. The Balaban J connectivity index is 1.42. The average Bonchev–Trinajstić information content (AvgIpc) is 2.99. The van der Waals surface area contributed by atoms with Gasteiger partial charge >= 0.3 is 5.97 Å². The van der Waals surface area contributed by atoms with Gasteiger partial charge in [0.25, 0.3) is 0 Å². The number of benzene rings is 2. The molecule has 1 unspecified atom stereocenters. The minimum absolute atomic E-state index is 0.0670. The summed E-state index contributed by atoms with van der Waals surface area (Å²) in [6.07, 6.45) is 5.37. The van der Waals surface area contributed by atoms with Crippen LogP contribution in [0.25, 0.3) is 11.3 Å². The Kier molecular flexibility index (Phi) is 11.5. The third-order valence-corrected chi connectivity index (χ3v) is 7.74. The fourth-order valence-corrected chi connectivity index (χ4v) is 5.58. The van der Waals surface area contributed by atoms with Crippen LogP contribution in [0.1, 0.15) is 59.4 Å². The van der Waals surface area contributed by atoms with Crippen LogP contribution in [0.4, 0.5) is 5.95 Å². The Morgan fingerprint density at radius 1 is 0.977 bits per heavy atom. The van der Waals surface area contributed by atoms with Gasteiger partial charge in [-0.3, -0.25) is 4.72 Å². The summed E-state index contributed by atoms with van der Waals surface area (Å²) in [4.78, 5) is 26.4. The van der Waals surface area contributed by atoms with Gasteiger partial charge in [0.1, 0.15) is 12.3 Å². The number of carbonyl (C=O) groups is 1. The highest BCUT2D eigenvalue weighted by molar-refractivity contribution is 8.00. The zero-order valence-corrected chi connectivity index (χ0v) is 26.4. The fraction of sp³-hybridized carbons (Fsp3) is 0.353. The number of anilines is 1. The second-order valence-electron chi connectivity index (χ2n) is 11.1.